The quantitative estimate of drug-likeness (QED) is 0.638. The van der Waals surface area contributed by atoms with Crippen molar-refractivity contribution in [3.05, 3.63) is 65.4 Å². The Balaban J connectivity index is 1.18. The Kier molecular flexibility index (Phi) is 5.60. The molecule has 166 valence electrons. The van der Waals surface area contributed by atoms with Crippen LogP contribution in [0.2, 0.25) is 0 Å². The molecular weight excluding hydrogens is 402 g/mol. The number of anilines is 1. The van der Waals surface area contributed by atoms with Gasteiger partial charge in [0.1, 0.15) is 0 Å². The number of esters is 1. The van der Waals surface area contributed by atoms with Gasteiger partial charge in [0.15, 0.2) is 6.61 Å². The van der Waals surface area contributed by atoms with Crippen molar-refractivity contribution < 1.29 is 14.3 Å². The second kappa shape index (κ2) is 8.69. The molecule has 1 atom stereocenters. The second-order valence-corrected chi connectivity index (χ2v) is 8.97. The van der Waals surface area contributed by atoms with Crippen LogP contribution >= 0.6 is 0 Å². The Morgan fingerprint density at radius 2 is 1.84 bits per heavy atom. The Hall–Kier alpha value is -3.28. The molecular formula is C26H29N3O3. The van der Waals surface area contributed by atoms with Gasteiger partial charge < -0.3 is 19.5 Å². The van der Waals surface area contributed by atoms with Gasteiger partial charge in [0.2, 0.25) is 0 Å². The highest BCUT2D eigenvalue weighted by atomic mass is 16.5. The van der Waals surface area contributed by atoms with Gasteiger partial charge in [0.05, 0.1) is 5.56 Å². The molecule has 1 saturated heterocycles. The number of nitrogens with one attached hydrogen (secondary N) is 1. The van der Waals surface area contributed by atoms with Crippen molar-refractivity contribution in [2.24, 2.45) is 5.92 Å². The Morgan fingerprint density at radius 3 is 2.62 bits per heavy atom. The first-order valence-corrected chi connectivity index (χ1v) is 11.5. The number of fused-ring (bicyclic) bond motifs is 3. The summed E-state index contributed by atoms with van der Waals surface area (Å²) in [6.45, 7) is 4.86. The van der Waals surface area contributed by atoms with Gasteiger partial charge >= 0.3 is 5.97 Å². The first-order valence-electron chi connectivity index (χ1n) is 11.5. The van der Waals surface area contributed by atoms with E-state index in [2.05, 4.69) is 28.9 Å². The topological polar surface area (TPSA) is 65.6 Å². The van der Waals surface area contributed by atoms with Gasteiger partial charge in [0, 0.05) is 48.5 Å². The van der Waals surface area contributed by atoms with Gasteiger partial charge in [-0.2, -0.15) is 0 Å². The number of aryl methyl sites for hydroxylation is 1. The van der Waals surface area contributed by atoms with Crippen molar-refractivity contribution in [1.29, 1.82) is 0 Å². The van der Waals surface area contributed by atoms with E-state index in [1.54, 1.807) is 11.0 Å². The molecule has 1 unspecified atom stereocenters. The molecule has 6 heteroatoms. The Labute approximate surface area is 188 Å². The number of para-hydroxylation sites is 1. The monoisotopic (exact) mass is 431 g/mol. The van der Waals surface area contributed by atoms with Gasteiger partial charge in [-0.1, -0.05) is 25.1 Å². The Morgan fingerprint density at radius 1 is 1.06 bits per heavy atom. The zero-order valence-electron chi connectivity index (χ0n) is 18.5. The van der Waals surface area contributed by atoms with Gasteiger partial charge in [-0.15, -0.1) is 0 Å². The molecule has 2 heterocycles. The third kappa shape index (κ3) is 4.09. The molecule has 0 saturated carbocycles. The van der Waals surface area contributed by atoms with Crippen LogP contribution < -0.4 is 4.90 Å². The number of ether oxygens (including phenoxy) is 1. The Bertz CT molecular complexity index is 1130. The van der Waals surface area contributed by atoms with E-state index in [0.717, 1.165) is 36.8 Å². The van der Waals surface area contributed by atoms with Crippen LogP contribution in [0.4, 0.5) is 5.69 Å². The molecule has 1 aliphatic heterocycles. The van der Waals surface area contributed by atoms with Crippen molar-refractivity contribution in [2.45, 2.75) is 26.2 Å². The second-order valence-electron chi connectivity index (χ2n) is 8.97. The van der Waals surface area contributed by atoms with Crippen molar-refractivity contribution in [2.75, 3.05) is 37.7 Å². The van der Waals surface area contributed by atoms with E-state index in [1.807, 2.05) is 30.3 Å². The lowest BCUT2D eigenvalue weighted by molar-refractivity contribution is -0.134. The zero-order chi connectivity index (χ0) is 22.1. The molecule has 1 aromatic heterocycles. The number of hydrogen-bond donors (Lipinski definition) is 1. The van der Waals surface area contributed by atoms with Gasteiger partial charge in [-0.05, 0) is 61.1 Å². The molecule has 32 heavy (non-hydrogen) atoms. The van der Waals surface area contributed by atoms with Crippen LogP contribution in [0.15, 0.2) is 48.5 Å². The molecule has 1 fully saturated rings. The van der Waals surface area contributed by atoms with Crippen LogP contribution in [0.25, 0.3) is 10.9 Å². The van der Waals surface area contributed by atoms with Crippen molar-refractivity contribution in [3.8, 4) is 0 Å². The largest absolute Gasteiger partial charge is 0.452 e. The van der Waals surface area contributed by atoms with E-state index in [9.17, 15) is 9.59 Å². The minimum absolute atomic E-state index is 0.139. The maximum absolute atomic E-state index is 12.7. The number of H-pyrrole nitrogens is 1. The smallest absolute Gasteiger partial charge is 0.338 e. The van der Waals surface area contributed by atoms with E-state index in [4.69, 9.17) is 4.74 Å². The van der Waals surface area contributed by atoms with Gasteiger partial charge in [-0.25, -0.2) is 4.79 Å². The van der Waals surface area contributed by atoms with Crippen LogP contribution in [-0.4, -0.2) is 54.5 Å². The van der Waals surface area contributed by atoms with Crippen molar-refractivity contribution in [1.82, 2.24) is 9.88 Å². The van der Waals surface area contributed by atoms with E-state index < -0.39 is 5.97 Å². The number of aromatic amines is 1. The molecule has 1 amide bonds. The van der Waals surface area contributed by atoms with E-state index in [1.165, 1.54) is 23.4 Å². The lowest BCUT2D eigenvalue weighted by Crippen LogP contribution is -2.49. The molecule has 0 bridgehead atoms. The first-order chi connectivity index (χ1) is 15.6. The third-order valence-electron chi connectivity index (χ3n) is 6.75. The van der Waals surface area contributed by atoms with Crippen LogP contribution in [0.1, 0.15) is 35.0 Å². The predicted octanol–water partition coefficient (Wildman–Crippen LogP) is 3.80. The number of rotatable bonds is 4. The summed E-state index contributed by atoms with van der Waals surface area (Å²) in [5.41, 5.74) is 5.34. The number of carbonyl (C=O) groups is 2. The van der Waals surface area contributed by atoms with Crippen molar-refractivity contribution >= 4 is 28.5 Å². The number of aromatic nitrogens is 1. The summed E-state index contributed by atoms with van der Waals surface area (Å²) in [6.07, 6.45) is 3.27. The average molecular weight is 432 g/mol. The summed E-state index contributed by atoms with van der Waals surface area (Å²) in [5, 5.41) is 1.10. The fourth-order valence-corrected chi connectivity index (χ4v) is 4.87. The van der Waals surface area contributed by atoms with E-state index in [-0.39, 0.29) is 12.5 Å². The summed E-state index contributed by atoms with van der Waals surface area (Å²) in [6, 6.07) is 15.8. The van der Waals surface area contributed by atoms with Crippen molar-refractivity contribution in [3.63, 3.8) is 0 Å². The first kappa shape index (κ1) is 20.6. The van der Waals surface area contributed by atoms with Gasteiger partial charge in [0.25, 0.3) is 5.91 Å². The standard InChI is InChI=1S/C26H29N3O3/c1-18-7-9-23-21(15-18)22-16-19(8-10-24(22)27-23)26(31)32-17-25(30)29-13-11-28(12-14-29)20-5-3-2-4-6-20/h2-6,8,10,16,18,27H,7,9,11-15,17H2,1H3. The molecule has 5 rings (SSSR count). The predicted molar refractivity (Wildman–Crippen MR) is 125 cm³/mol. The number of benzene rings is 2. The maximum Gasteiger partial charge on any atom is 0.338 e. The lowest BCUT2D eigenvalue weighted by Gasteiger charge is -2.36. The highest BCUT2D eigenvalue weighted by Crippen LogP contribution is 2.32. The molecule has 2 aromatic carbocycles. The average Bonchev–Trinajstić information content (AvgIpc) is 3.20. The van der Waals surface area contributed by atoms with E-state index in [0.29, 0.717) is 24.6 Å². The minimum Gasteiger partial charge on any atom is -0.452 e. The van der Waals surface area contributed by atoms with Gasteiger partial charge in [-0.3, -0.25) is 4.79 Å². The van der Waals surface area contributed by atoms with Crippen LogP contribution in [0.5, 0.6) is 0 Å². The number of hydrogen-bond acceptors (Lipinski definition) is 4. The lowest BCUT2D eigenvalue weighted by atomic mass is 9.87. The molecule has 2 aliphatic rings. The molecule has 1 N–H and O–H groups in total. The maximum atomic E-state index is 12.7. The summed E-state index contributed by atoms with van der Waals surface area (Å²) in [4.78, 5) is 32.8. The summed E-state index contributed by atoms with van der Waals surface area (Å²) >= 11 is 0. The zero-order valence-corrected chi connectivity index (χ0v) is 18.5. The number of piperazine rings is 1. The van der Waals surface area contributed by atoms with E-state index >= 15 is 0 Å². The third-order valence-corrected chi connectivity index (χ3v) is 6.75. The summed E-state index contributed by atoms with van der Waals surface area (Å²) < 4.78 is 5.39. The highest BCUT2D eigenvalue weighted by molar-refractivity contribution is 5.97. The highest BCUT2D eigenvalue weighted by Gasteiger charge is 2.24. The fraction of sp³-hybridized carbons (Fsp3) is 0.385. The summed E-state index contributed by atoms with van der Waals surface area (Å²) in [5.74, 6) is 0.0686. The van der Waals surface area contributed by atoms with Crippen LogP contribution in [-0.2, 0) is 22.4 Å². The number of carbonyl (C=O) groups excluding carboxylic acids is 2. The molecule has 0 radical (unpaired) electrons. The minimum atomic E-state index is -0.443. The summed E-state index contributed by atoms with van der Waals surface area (Å²) in [7, 11) is 0. The SMILES string of the molecule is CC1CCc2[nH]c3ccc(C(=O)OCC(=O)N4CCN(c5ccccc5)CC4)cc3c2C1. The molecule has 3 aromatic rings. The number of nitrogens with zero attached hydrogens (tertiary/aromatic N) is 2. The number of amides is 1. The fourth-order valence-electron chi connectivity index (χ4n) is 4.87. The molecule has 1 aliphatic carbocycles. The van der Waals surface area contributed by atoms with Crippen LogP contribution in [0, 0.1) is 5.92 Å². The molecule has 6 nitrogen and oxygen atoms in total. The normalized spacial score (nSPS) is 18.5. The molecule has 0 spiro atoms. The van der Waals surface area contributed by atoms with Crippen LogP contribution in [0.3, 0.4) is 0 Å².